The minimum Gasteiger partial charge on any atom is -0.379 e. The number of hydrogen-bond acceptors (Lipinski definition) is 6. The van der Waals surface area contributed by atoms with Gasteiger partial charge in [0.05, 0.1) is 13.2 Å². The monoisotopic (exact) mass is 254 g/mol. The smallest absolute Gasteiger partial charge is 0.255 e. The van der Waals surface area contributed by atoms with Gasteiger partial charge in [0.15, 0.2) is 0 Å². The molecule has 1 aliphatic rings. The van der Waals surface area contributed by atoms with Crippen molar-refractivity contribution >= 4 is 23.2 Å². The Balaban J connectivity index is 1.90. The molecule has 0 radical (unpaired) electrons. The van der Waals surface area contributed by atoms with Crippen molar-refractivity contribution in [3.63, 3.8) is 0 Å². The van der Waals surface area contributed by atoms with Crippen molar-refractivity contribution in [3.05, 3.63) is 17.5 Å². The summed E-state index contributed by atoms with van der Waals surface area (Å²) >= 11 is 5.92. The number of nitrogens with one attached hydrogen (secondary N) is 1. The number of hydrazine groups is 1. The fourth-order valence-corrected chi connectivity index (χ4v) is 1.88. The van der Waals surface area contributed by atoms with E-state index in [2.05, 4.69) is 25.5 Å². The molecule has 17 heavy (non-hydrogen) atoms. The predicted molar refractivity (Wildman–Crippen MR) is 61.8 cm³/mol. The number of anilines is 1. The molecule has 1 saturated heterocycles. The lowest BCUT2D eigenvalue weighted by Gasteiger charge is -2.27. The lowest BCUT2D eigenvalue weighted by atomic mass is 10.5. The molecule has 2 aromatic rings. The minimum atomic E-state index is 0.390. The molecule has 1 aliphatic heterocycles. The SMILES string of the molecule is Clc1cc(NN2CCOCC2)n2ncnc2n1. The summed E-state index contributed by atoms with van der Waals surface area (Å²) in [6, 6.07) is 1.72. The highest BCUT2D eigenvalue weighted by molar-refractivity contribution is 6.29. The maximum Gasteiger partial charge on any atom is 0.255 e. The Labute approximate surface area is 102 Å². The fraction of sp³-hybridized carbons (Fsp3) is 0.444. The average Bonchev–Trinajstić information content (AvgIpc) is 2.78. The van der Waals surface area contributed by atoms with Gasteiger partial charge in [-0.3, -0.25) is 0 Å². The Hall–Kier alpha value is -1.44. The van der Waals surface area contributed by atoms with Crippen molar-refractivity contribution in [3.8, 4) is 0 Å². The summed E-state index contributed by atoms with van der Waals surface area (Å²) in [5.74, 6) is 1.23. The zero-order valence-corrected chi connectivity index (χ0v) is 9.76. The summed E-state index contributed by atoms with van der Waals surface area (Å²) in [5.41, 5.74) is 3.24. The van der Waals surface area contributed by atoms with E-state index in [-0.39, 0.29) is 0 Å². The molecule has 0 bridgehead atoms. The molecule has 0 saturated carbocycles. The molecular formula is C9H11ClN6O. The largest absolute Gasteiger partial charge is 0.379 e. The normalized spacial score (nSPS) is 17.5. The lowest BCUT2D eigenvalue weighted by Crippen LogP contribution is -2.40. The number of ether oxygens (including phenoxy) is 1. The van der Waals surface area contributed by atoms with E-state index in [1.165, 1.54) is 6.33 Å². The van der Waals surface area contributed by atoms with E-state index in [0.717, 1.165) is 18.9 Å². The maximum atomic E-state index is 5.92. The van der Waals surface area contributed by atoms with Crippen LogP contribution >= 0.6 is 11.6 Å². The van der Waals surface area contributed by atoms with Crippen LogP contribution in [0.2, 0.25) is 5.15 Å². The van der Waals surface area contributed by atoms with Crippen LogP contribution < -0.4 is 5.43 Å². The van der Waals surface area contributed by atoms with Gasteiger partial charge in [0.1, 0.15) is 17.3 Å². The van der Waals surface area contributed by atoms with Gasteiger partial charge in [0.25, 0.3) is 5.78 Å². The van der Waals surface area contributed by atoms with Crippen LogP contribution in [0.15, 0.2) is 12.4 Å². The second kappa shape index (κ2) is 4.44. The van der Waals surface area contributed by atoms with E-state index in [0.29, 0.717) is 24.1 Å². The van der Waals surface area contributed by atoms with Crippen molar-refractivity contribution in [2.75, 3.05) is 31.7 Å². The quantitative estimate of drug-likeness (QED) is 0.785. The molecule has 3 heterocycles. The first-order valence-corrected chi connectivity index (χ1v) is 5.66. The molecule has 0 aromatic carbocycles. The Morgan fingerprint density at radius 2 is 2.18 bits per heavy atom. The summed E-state index contributed by atoms with van der Waals surface area (Å²) in [6.45, 7) is 3.06. The zero-order chi connectivity index (χ0) is 11.7. The first kappa shape index (κ1) is 10.7. The number of hydrogen-bond donors (Lipinski definition) is 1. The number of aromatic nitrogens is 4. The van der Waals surface area contributed by atoms with Crippen LogP contribution in [0.25, 0.3) is 5.78 Å². The third-order valence-corrected chi connectivity index (χ3v) is 2.70. The van der Waals surface area contributed by atoms with Crippen LogP contribution in [0.1, 0.15) is 0 Å². The van der Waals surface area contributed by atoms with Crippen LogP contribution in [-0.2, 0) is 4.74 Å². The molecule has 0 amide bonds. The molecule has 3 rings (SSSR count). The van der Waals surface area contributed by atoms with Crippen LogP contribution in [0, 0.1) is 0 Å². The van der Waals surface area contributed by atoms with Gasteiger partial charge in [0, 0.05) is 19.2 Å². The number of morpholine rings is 1. The molecule has 0 unspecified atom stereocenters. The summed E-state index contributed by atoms with van der Waals surface area (Å²) < 4.78 is 6.89. The van der Waals surface area contributed by atoms with Crippen LogP contribution in [0.5, 0.6) is 0 Å². The van der Waals surface area contributed by atoms with E-state index in [9.17, 15) is 0 Å². The van der Waals surface area contributed by atoms with Crippen LogP contribution in [-0.4, -0.2) is 50.9 Å². The van der Waals surface area contributed by atoms with Gasteiger partial charge < -0.3 is 10.2 Å². The molecule has 0 aliphatic carbocycles. The summed E-state index contributed by atoms with van der Waals surface area (Å²) in [4.78, 5) is 8.07. The van der Waals surface area contributed by atoms with Crippen molar-refractivity contribution in [1.29, 1.82) is 0 Å². The highest BCUT2D eigenvalue weighted by atomic mass is 35.5. The Bertz CT molecular complexity index is 523. The molecule has 90 valence electrons. The van der Waals surface area contributed by atoms with E-state index in [1.807, 2.05) is 0 Å². The topological polar surface area (TPSA) is 67.6 Å². The van der Waals surface area contributed by atoms with Gasteiger partial charge in [-0.1, -0.05) is 11.6 Å². The summed E-state index contributed by atoms with van der Waals surface area (Å²) in [7, 11) is 0. The predicted octanol–water partition coefficient (Wildman–Crippen LogP) is 0.437. The second-order valence-corrected chi connectivity index (χ2v) is 4.03. The highest BCUT2D eigenvalue weighted by Gasteiger charge is 2.13. The van der Waals surface area contributed by atoms with Crippen molar-refractivity contribution in [2.45, 2.75) is 0 Å². The molecule has 0 spiro atoms. The molecule has 1 N–H and O–H groups in total. The standard InChI is InChI=1S/C9H11ClN6O/c10-7-5-8(14-15-1-3-17-4-2-15)16-9(13-7)11-6-12-16/h5-6,14H,1-4H2. The second-order valence-electron chi connectivity index (χ2n) is 3.65. The first-order valence-electron chi connectivity index (χ1n) is 5.28. The molecule has 0 atom stereocenters. The van der Waals surface area contributed by atoms with Crippen LogP contribution in [0.3, 0.4) is 0 Å². The van der Waals surface area contributed by atoms with Gasteiger partial charge in [-0.05, 0) is 0 Å². The van der Waals surface area contributed by atoms with Crippen molar-refractivity contribution in [2.24, 2.45) is 0 Å². The summed E-state index contributed by atoms with van der Waals surface area (Å²) in [6.07, 6.45) is 1.45. The summed E-state index contributed by atoms with van der Waals surface area (Å²) in [5, 5.41) is 6.53. The third-order valence-electron chi connectivity index (χ3n) is 2.50. The maximum absolute atomic E-state index is 5.92. The molecular weight excluding hydrogens is 244 g/mol. The van der Waals surface area contributed by atoms with Gasteiger partial charge in [0.2, 0.25) is 0 Å². The molecule has 1 fully saturated rings. The third kappa shape index (κ3) is 2.17. The number of fused-ring (bicyclic) bond motifs is 1. The molecule has 7 nitrogen and oxygen atoms in total. The van der Waals surface area contributed by atoms with Crippen LogP contribution in [0.4, 0.5) is 5.82 Å². The van der Waals surface area contributed by atoms with E-state index in [1.54, 1.807) is 10.6 Å². The number of nitrogens with zero attached hydrogens (tertiary/aromatic N) is 5. The van der Waals surface area contributed by atoms with Crippen molar-refractivity contribution < 1.29 is 4.74 Å². The average molecular weight is 255 g/mol. The Kier molecular flexibility index (Phi) is 2.79. The molecule has 2 aromatic heterocycles. The van der Waals surface area contributed by atoms with Gasteiger partial charge in [-0.25, -0.2) is 5.01 Å². The molecule has 8 heteroatoms. The first-order chi connectivity index (χ1) is 8.33. The Morgan fingerprint density at radius 1 is 1.35 bits per heavy atom. The van der Waals surface area contributed by atoms with Gasteiger partial charge in [-0.2, -0.15) is 19.6 Å². The number of rotatable bonds is 2. The van der Waals surface area contributed by atoms with Gasteiger partial charge >= 0.3 is 0 Å². The van der Waals surface area contributed by atoms with Gasteiger partial charge in [-0.15, -0.1) is 0 Å². The Morgan fingerprint density at radius 3 is 3.00 bits per heavy atom. The minimum absolute atomic E-state index is 0.390. The van der Waals surface area contributed by atoms with E-state index < -0.39 is 0 Å². The van der Waals surface area contributed by atoms with E-state index >= 15 is 0 Å². The van der Waals surface area contributed by atoms with Crippen molar-refractivity contribution in [1.82, 2.24) is 24.6 Å². The fourth-order valence-electron chi connectivity index (χ4n) is 1.70. The lowest BCUT2D eigenvalue weighted by molar-refractivity contribution is 0.0494. The highest BCUT2D eigenvalue weighted by Crippen LogP contribution is 2.15. The number of halogens is 1. The van der Waals surface area contributed by atoms with E-state index in [4.69, 9.17) is 16.3 Å². The zero-order valence-electron chi connectivity index (χ0n) is 9.01.